The molecule has 0 aliphatic carbocycles. The standard InChI is InChI=1S/C10H7Cl2N3OS/c1-16-6-4-2-3-5-7(6)17-9-8(11)14-15-10(12)13-9/h2-5H,1H3. The Bertz CT molecular complexity index is 539. The van der Waals surface area contributed by atoms with Crippen molar-refractivity contribution in [3.8, 4) is 5.75 Å². The summed E-state index contributed by atoms with van der Waals surface area (Å²) >= 11 is 12.9. The molecule has 0 spiro atoms. The van der Waals surface area contributed by atoms with Crippen LogP contribution in [0, 0.1) is 0 Å². The van der Waals surface area contributed by atoms with Gasteiger partial charge in [-0.15, -0.1) is 10.2 Å². The van der Waals surface area contributed by atoms with Crippen LogP contribution in [0.25, 0.3) is 0 Å². The molecular formula is C10H7Cl2N3OS. The lowest BCUT2D eigenvalue weighted by Crippen LogP contribution is -1.92. The second-order valence-corrected chi connectivity index (χ2v) is 4.66. The Hall–Kier alpha value is -1.04. The molecule has 0 aliphatic rings. The summed E-state index contributed by atoms with van der Waals surface area (Å²) < 4.78 is 5.23. The Kier molecular flexibility index (Phi) is 4.04. The Balaban J connectivity index is 2.34. The number of halogens is 2. The molecule has 88 valence electrons. The Morgan fingerprint density at radius 2 is 1.94 bits per heavy atom. The van der Waals surface area contributed by atoms with Gasteiger partial charge in [0, 0.05) is 0 Å². The van der Waals surface area contributed by atoms with Gasteiger partial charge in [-0.2, -0.15) is 0 Å². The number of aromatic nitrogens is 3. The van der Waals surface area contributed by atoms with E-state index in [2.05, 4.69) is 15.2 Å². The smallest absolute Gasteiger partial charge is 0.244 e. The Morgan fingerprint density at radius 3 is 2.71 bits per heavy atom. The van der Waals surface area contributed by atoms with Crippen molar-refractivity contribution in [2.45, 2.75) is 9.92 Å². The predicted molar refractivity (Wildman–Crippen MR) is 67.0 cm³/mol. The zero-order valence-corrected chi connectivity index (χ0v) is 11.1. The zero-order chi connectivity index (χ0) is 12.3. The van der Waals surface area contributed by atoms with Crippen LogP contribution in [0.1, 0.15) is 0 Å². The van der Waals surface area contributed by atoms with E-state index in [1.54, 1.807) is 7.11 Å². The molecule has 1 heterocycles. The van der Waals surface area contributed by atoms with Gasteiger partial charge in [-0.3, -0.25) is 0 Å². The lowest BCUT2D eigenvalue weighted by Gasteiger charge is -2.07. The number of para-hydroxylation sites is 1. The maximum Gasteiger partial charge on any atom is 0.244 e. The van der Waals surface area contributed by atoms with Crippen molar-refractivity contribution < 1.29 is 4.74 Å². The molecule has 1 aromatic carbocycles. The molecule has 2 aromatic rings. The van der Waals surface area contributed by atoms with Crippen LogP contribution in [-0.4, -0.2) is 22.3 Å². The zero-order valence-electron chi connectivity index (χ0n) is 8.72. The van der Waals surface area contributed by atoms with Crippen LogP contribution >= 0.6 is 35.0 Å². The molecule has 0 N–H and O–H groups in total. The van der Waals surface area contributed by atoms with Gasteiger partial charge in [0.05, 0.1) is 12.0 Å². The van der Waals surface area contributed by atoms with Crippen molar-refractivity contribution in [3.05, 3.63) is 34.7 Å². The first-order valence-corrected chi connectivity index (χ1v) is 6.14. The first-order chi connectivity index (χ1) is 8.20. The number of methoxy groups -OCH3 is 1. The van der Waals surface area contributed by atoms with Gasteiger partial charge in [0.1, 0.15) is 10.8 Å². The van der Waals surface area contributed by atoms with Gasteiger partial charge in [-0.25, -0.2) is 4.98 Å². The molecule has 1 aromatic heterocycles. The van der Waals surface area contributed by atoms with E-state index in [1.807, 2.05) is 24.3 Å². The number of hydrogen-bond acceptors (Lipinski definition) is 5. The molecule has 0 saturated carbocycles. The van der Waals surface area contributed by atoms with Gasteiger partial charge in [0.15, 0.2) is 5.15 Å². The van der Waals surface area contributed by atoms with Crippen molar-refractivity contribution in [3.63, 3.8) is 0 Å². The van der Waals surface area contributed by atoms with Gasteiger partial charge in [0.2, 0.25) is 5.28 Å². The number of rotatable bonds is 3. The molecule has 0 saturated heterocycles. The Morgan fingerprint density at radius 1 is 1.18 bits per heavy atom. The molecule has 0 radical (unpaired) electrons. The number of benzene rings is 1. The summed E-state index contributed by atoms with van der Waals surface area (Å²) in [7, 11) is 1.60. The van der Waals surface area contributed by atoms with Crippen LogP contribution in [0.2, 0.25) is 10.4 Å². The van der Waals surface area contributed by atoms with Gasteiger partial charge < -0.3 is 4.74 Å². The van der Waals surface area contributed by atoms with Crippen molar-refractivity contribution in [2.75, 3.05) is 7.11 Å². The molecule has 4 nitrogen and oxygen atoms in total. The summed E-state index contributed by atoms with van der Waals surface area (Å²) in [5, 5.41) is 8.01. The van der Waals surface area contributed by atoms with Gasteiger partial charge in [-0.1, -0.05) is 35.5 Å². The summed E-state index contributed by atoms with van der Waals surface area (Å²) in [4.78, 5) is 4.89. The van der Waals surface area contributed by atoms with Crippen LogP contribution in [0.4, 0.5) is 0 Å². The van der Waals surface area contributed by atoms with Crippen LogP contribution < -0.4 is 4.74 Å². The molecule has 0 bridgehead atoms. The lowest BCUT2D eigenvalue weighted by molar-refractivity contribution is 0.405. The summed E-state index contributed by atoms with van der Waals surface area (Å²) in [6.07, 6.45) is 0. The molecule has 0 amide bonds. The first-order valence-electron chi connectivity index (χ1n) is 4.57. The third-order valence-electron chi connectivity index (χ3n) is 1.87. The fourth-order valence-corrected chi connectivity index (χ4v) is 2.38. The summed E-state index contributed by atoms with van der Waals surface area (Å²) in [5.74, 6) is 0.739. The molecule has 0 fully saturated rings. The largest absolute Gasteiger partial charge is 0.496 e. The van der Waals surface area contributed by atoms with Crippen LogP contribution in [0.5, 0.6) is 5.75 Å². The molecule has 17 heavy (non-hydrogen) atoms. The Labute approximate surface area is 112 Å². The van der Waals surface area contributed by atoms with E-state index in [0.29, 0.717) is 5.03 Å². The second kappa shape index (κ2) is 5.53. The average Bonchev–Trinajstić information content (AvgIpc) is 2.34. The highest BCUT2D eigenvalue weighted by Crippen LogP contribution is 2.36. The molecule has 0 unspecified atom stereocenters. The van der Waals surface area contributed by atoms with Crippen LogP contribution in [0.3, 0.4) is 0 Å². The maximum absolute atomic E-state index is 5.89. The highest BCUT2D eigenvalue weighted by Gasteiger charge is 2.11. The van der Waals surface area contributed by atoms with Crippen molar-refractivity contribution in [1.29, 1.82) is 0 Å². The fourth-order valence-electron chi connectivity index (χ4n) is 1.15. The molecule has 2 rings (SSSR count). The normalized spacial score (nSPS) is 10.3. The highest BCUT2D eigenvalue weighted by atomic mass is 35.5. The van der Waals surface area contributed by atoms with Crippen molar-refractivity contribution in [1.82, 2.24) is 15.2 Å². The molecule has 7 heteroatoms. The summed E-state index contributed by atoms with van der Waals surface area (Å²) in [6, 6.07) is 7.53. The third-order valence-corrected chi connectivity index (χ3v) is 3.43. The number of nitrogens with zero attached hydrogens (tertiary/aromatic N) is 3. The maximum atomic E-state index is 5.89. The lowest BCUT2D eigenvalue weighted by atomic mass is 10.3. The number of hydrogen-bond donors (Lipinski definition) is 0. The van der Waals surface area contributed by atoms with Crippen molar-refractivity contribution in [2.24, 2.45) is 0 Å². The van der Waals surface area contributed by atoms with Gasteiger partial charge >= 0.3 is 0 Å². The topological polar surface area (TPSA) is 47.9 Å². The first kappa shape index (κ1) is 12.4. The van der Waals surface area contributed by atoms with Crippen LogP contribution in [-0.2, 0) is 0 Å². The highest BCUT2D eigenvalue weighted by molar-refractivity contribution is 7.99. The van der Waals surface area contributed by atoms with E-state index in [1.165, 1.54) is 11.8 Å². The minimum Gasteiger partial charge on any atom is -0.496 e. The summed E-state index contributed by atoms with van der Waals surface area (Å²) in [5.41, 5.74) is 0. The second-order valence-electron chi connectivity index (χ2n) is 2.93. The predicted octanol–water partition coefficient (Wildman–Crippen LogP) is 3.34. The average molecular weight is 288 g/mol. The quantitative estimate of drug-likeness (QED) is 0.867. The SMILES string of the molecule is COc1ccccc1Sc1nc(Cl)nnc1Cl. The van der Waals surface area contributed by atoms with Crippen LogP contribution in [0.15, 0.2) is 34.2 Å². The minimum atomic E-state index is 0.0618. The van der Waals surface area contributed by atoms with E-state index in [9.17, 15) is 0 Å². The third kappa shape index (κ3) is 3.00. The van der Waals surface area contributed by atoms with Crippen molar-refractivity contribution >= 4 is 35.0 Å². The van der Waals surface area contributed by atoms with E-state index >= 15 is 0 Å². The summed E-state index contributed by atoms with van der Waals surface area (Å²) in [6.45, 7) is 0. The van der Waals surface area contributed by atoms with Gasteiger partial charge in [-0.05, 0) is 23.7 Å². The fraction of sp³-hybridized carbons (Fsp3) is 0.100. The minimum absolute atomic E-state index is 0.0618. The molecular weight excluding hydrogens is 281 g/mol. The van der Waals surface area contributed by atoms with E-state index in [0.717, 1.165) is 10.6 Å². The van der Waals surface area contributed by atoms with E-state index in [4.69, 9.17) is 27.9 Å². The molecule has 0 atom stereocenters. The monoisotopic (exact) mass is 287 g/mol. The van der Waals surface area contributed by atoms with E-state index in [-0.39, 0.29) is 10.4 Å². The number of ether oxygens (including phenoxy) is 1. The van der Waals surface area contributed by atoms with E-state index < -0.39 is 0 Å². The van der Waals surface area contributed by atoms with Gasteiger partial charge in [0.25, 0.3) is 0 Å². The molecule has 0 aliphatic heterocycles.